The van der Waals surface area contributed by atoms with Crippen LogP contribution in [0.1, 0.15) is 1.37 Å². The Morgan fingerprint density at radius 1 is 1.78 bits per heavy atom. The lowest BCUT2D eigenvalue weighted by Crippen LogP contribution is -2.18. The summed E-state index contributed by atoms with van der Waals surface area (Å²) in [5.74, 6) is 0. The van der Waals surface area contributed by atoms with Gasteiger partial charge in [0.2, 0.25) is 6.39 Å². The number of hydrogen-bond acceptors (Lipinski definition) is 3. The second-order valence-electron chi connectivity index (χ2n) is 1.36. The van der Waals surface area contributed by atoms with Crippen LogP contribution in [0.4, 0.5) is 0 Å². The van der Waals surface area contributed by atoms with Crippen molar-refractivity contribution in [3.05, 3.63) is 0 Å². The molecule has 0 heterocycles. The van der Waals surface area contributed by atoms with Gasteiger partial charge in [0.15, 0.2) is 0 Å². The summed E-state index contributed by atoms with van der Waals surface area (Å²) in [7, 11) is 0. The molecule has 0 aromatic heterocycles. The number of ether oxygens (including phenoxy) is 1. The van der Waals surface area contributed by atoms with Crippen LogP contribution in [0.2, 0.25) is 0 Å². The Bertz CT molecular complexity index is 98.9. The highest BCUT2D eigenvalue weighted by molar-refractivity contribution is 5.45. The maximum atomic E-state index is 9.93. The van der Waals surface area contributed by atoms with E-state index < -0.39 is 6.39 Å². The molecule has 0 fully saturated rings. The molecule has 0 saturated carbocycles. The topological polar surface area (TPSA) is 58.6 Å². The number of nitrogens with one attached hydrogen (secondary N) is 1. The van der Waals surface area contributed by atoms with Crippen molar-refractivity contribution in [2.24, 2.45) is 0 Å². The van der Waals surface area contributed by atoms with Crippen molar-refractivity contribution in [1.29, 1.82) is 0 Å². The van der Waals surface area contributed by atoms with Crippen molar-refractivity contribution < 1.29 is 16.0 Å². The molecule has 0 spiro atoms. The summed E-state index contributed by atoms with van der Waals surface area (Å²) in [6, 6.07) is 0. The summed E-state index contributed by atoms with van der Waals surface area (Å²) in [5, 5.41) is 10.5. The van der Waals surface area contributed by atoms with Gasteiger partial charge in [-0.1, -0.05) is 0 Å². The third-order valence-corrected chi connectivity index (χ3v) is 0.679. The zero-order chi connectivity index (χ0) is 7.82. The van der Waals surface area contributed by atoms with Crippen LogP contribution in [0.3, 0.4) is 0 Å². The summed E-state index contributed by atoms with van der Waals surface area (Å²) >= 11 is 0. The number of aliphatic hydroxyl groups excluding tert-OH is 1. The average Bonchev–Trinajstić information content (AvgIpc) is 1.87. The van der Waals surface area contributed by atoms with Gasteiger partial charge in [-0.15, -0.1) is 0 Å². The predicted molar refractivity (Wildman–Crippen MR) is 32.0 cm³/mol. The lowest BCUT2D eigenvalue weighted by atomic mass is 10.7. The Hall–Kier alpha value is -0.610. The molecule has 0 aliphatic heterocycles. The van der Waals surface area contributed by atoms with Gasteiger partial charge in [0.25, 0.3) is 0 Å². The third kappa shape index (κ3) is 7.39. The van der Waals surface area contributed by atoms with Gasteiger partial charge < -0.3 is 15.2 Å². The molecule has 0 saturated heterocycles. The largest absolute Gasteiger partial charge is 0.394 e. The molecule has 54 valence electrons. The first-order valence-corrected chi connectivity index (χ1v) is 2.70. The molecular weight excluding hydrogens is 122 g/mol. The predicted octanol–water partition coefficient (Wildman–Crippen LogP) is -1.26. The van der Waals surface area contributed by atoms with Crippen LogP contribution in [-0.4, -0.2) is 37.9 Å². The number of carbonyl (C=O) groups excluding carboxylic acids is 1. The molecule has 0 radical (unpaired) electrons. The molecule has 0 unspecified atom stereocenters. The van der Waals surface area contributed by atoms with E-state index >= 15 is 0 Å². The molecule has 0 atom stereocenters. The van der Waals surface area contributed by atoms with Crippen molar-refractivity contribution in [2.75, 3.05) is 26.4 Å². The van der Waals surface area contributed by atoms with Gasteiger partial charge in [0, 0.05) is 6.54 Å². The fourth-order valence-corrected chi connectivity index (χ4v) is 0.341. The zero-order valence-electron chi connectivity index (χ0n) is 6.09. The highest BCUT2D eigenvalue weighted by Gasteiger charge is 1.83. The van der Waals surface area contributed by atoms with Gasteiger partial charge in [-0.05, 0) is 0 Å². The van der Waals surface area contributed by atoms with Crippen LogP contribution in [-0.2, 0) is 9.53 Å². The average molecular weight is 135 g/mol. The highest BCUT2D eigenvalue weighted by Crippen LogP contribution is 1.68. The van der Waals surface area contributed by atoms with E-state index in [-0.39, 0.29) is 13.2 Å². The maximum Gasteiger partial charge on any atom is 0.207 e. The van der Waals surface area contributed by atoms with E-state index in [9.17, 15) is 4.79 Å². The van der Waals surface area contributed by atoms with Crippen LogP contribution in [0.25, 0.3) is 0 Å². The normalized spacial score (nSPS) is 10.6. The third-order valence-electron chi connectivity index (χ3n) is 0.679. The number of amides is 1. The van der Waals surface area contributed by atoms with Crippen molar-refractivity contribution in [3.8, 4) is 0 Å². The first-order valence-electron chi connectivity index (χ1n) is 3.20. The Morgan fingerprint density at radius 2 is 2.56 bits per heavy atom. The van der Waals surface area contributed by atoms with Gasteiger partial charge >= 0.3 is 0 Å². The molecule has 0 bridgehead atoms. The van der Waals surface area contributed by atoms with Crippen LogP contribution in [0, 0.1) is 0 Å². The molecule has 4 nitrogen and oxygen atoms in total. The summed E-state index contributed by atoms with van der Waals surface area (Å²) in [6.07, 6.45) is -0.812. The minimum absolute atomic E-state index is 0.0190. The molecule has 4 heteroatoms. The van der Waals surface area contributed by atoms with E-state index in [0.29, 0.717) is 13.2 Å². The Labute approximate surface area is 55.2 Å². The van der Waals surface area contributed by atoms with Crippen LogP contribution < -0.4 is 5.32 Å². The summed E-state index contributed by atoms with van der Waals surface area (Å²) in [4.78, 5) is 9.93. The lowest BCUT2D eigenvalue weighted by Gasteiger charge is -1.98. The molecule has 0 aromatic carbocycles. The van der Waals surface area contributed by atoms with Gasteiger partial charge in [-0.25, -0.2) is 0 Å². The summed E-state index contributed by atoms with van der Waals surface area (Å²) in [5.41, 5.74) is 0. The van der Waals surface area contributed by atoms with Crippen LogP contribution >= 0.6 is 0 Å². The van der Waals surface area contributed by atoms with Gasteiger partial charge in [-0.2, -0.15) is 0 Å². The van der Waals surface area contributed by atoms with E-state index in [2.05, 4.69) is 5.32 Å². The van der Waals surface area contributed by atoms with Crippen molar-refractivity contribution >= 4 is 6.39 Å². The number of carbonyl (C=O) groups is 1. The van der Waals surface area contributed by atoms with Gasteiger partial charge in [-0.3, -0.25) is 4.79 Å². The molecule has 0 aromatic rings. The van der Waals surface area contributed by atoms with Crippen LogP contribution in [0.5, 0.6) is 0 Å². The smallest absolute Gasteiger partial charge is 0.207 e. The number of rotatable bonds is 5. The van der Waals surface area contributed by atoms with E-state index in [1.807, 2.05) is 0 Å². The monoisotopic (exact) mass is 135 g/mol. The standard InChI is InChI=1S/C5H11NO3/c7-2-4-9-3-1-6-5-8/h5,7H,1-4H2,(H,6,8)/i5T. The Morgan fingerprint density at radius 3 is 3.11 bits per heavy atom. The lowest BCUT2D eigenvalue weighted by molar-refractivity contribution is -0.109. The minimum Gasteiger partial charge on any atom is -0.394 e. The molecular formula is C5H11NO3. The number of hydrogen-bond donors (Lipinski definition) is 2. The fraction of sp³-hybridized carbons (Fsp3) is 0.800. The van der Waals surface area contributed by atoms with Crippen molar-refractivity contribution in [1.82, 2.24) is 5.32 Å². The van der Waals surface area contributed by atoms with E-state index in [1.54, 1.807) is 0 Å². The van der Waals surface area contributed by atoms with Gasteiger partial charge in [0.1, 0.15) is 1.37 Å². The first kappa shape index (κ1) is 6.51. The van der Waals surface area contributed by atoms with E-state index in [4.69, 9.17) is 11.2 Å². The number of aliphatic hydroxyl groups is 1. The maximum absolute atomic E-state index is 9.93. The summed E-state index contributed by atoms with van der Waals surface area (Å²) in [6.45, 7) is 0.913. The minimum atomic E-state index is -0.812. The Balaban J connectivity index is 2.84. The SMILES string of the molecule is [3H]C(=O)NCCOCCO. The molecule has 0 aliphatic carbocycles. The van der Waals surface area contributed by atoms with E-state index in [0.717, 1.165) is 0 Å². The van der Waals surface area contributed by atoms with E-state index in [1.165, 1.54) is 0 Å². The van der Waals surface area contributed by atoms with Crippen molar-refractivity contribution in [3.63, 3.8) is 0 Å². The second-order valence-corrected chi connectivity index (χ2v) is 1.36. The zero-order valence-corrected chi connectivity index (χ0v) is 5.09. The molecule has 1 amide bonds. The van der Waals surface area contributed by atoms with Crippen molar-refractivity contribution in [2.45, 2.75) is 0 Å². The van der Waals surface area contributed by atoms with Crippen LogP contribution in [0.15, 0.2) is 0 Å². The molecule has 9 heavy (non-hydrogen) atoms. The highest BCUT2D eigenvalue weighted by atomic mass is 16.5. The first-order chi connectivity index (χ1) is 4.77. The summed E-state index contributed by atoms with van der Waals surface area (Å²) < 4.78 is 11.2. The molecule has 2 N–H and O–H groups in total. The second kappa shape index (κ2) is 7.39. The molecule has 0 aliphatic rings. The molecule has 0 rings (SSSR count). The Kier molecular flexibility index (Phi) is 5.34. The van der Waals surface area contributed by atoms with Gasteiger partial charge in [0.05, 0.1) is 19.8 Å². The quantitative estimate of drug-likeness (QED) is 0.365. The fourth-order valence-electron chi connectivity index (χ4n) is 0.341.